The van der Waals surface area contributed by atoms with Gasteiger partial charge in [0.15, 0.2) is 0 Å². The summed E-state index contributed by atoms with van der Waals surface area (Å²) in [6.45, 7) is 2.79. The fourth-order valence-corrected chi connectivity index (χ4v) is 2.81. The Morgan fingerprint density at radius 3 is 2.50 bits per heavy atom. The molecule has 1 heterocycles. The van der Waals surface area contributed by atoms with Crippen LogP contribution < -0.4 is 5.73 Å². The van der Waals surface area contributed by atoms with Gasteiger partial charge in [-0.05, 0) is 29.2 Å². The predicted molar refractivity (Wildman–Crippen MR) is 85.0 cm³/mol. The van der Waals surface area contributed by atoms with Crippen molar-refractivity contribution in [1.29, 1.82) is 0 Å². The minimum absolute atomic E-state index is 0.247. The fraction of sp³-hybridized carbons (Fsp3) is 0.222. The van der Waals surface area contributed by atoms with Crippen molar-refractivity contribution in [2.24, 2.45) is 5.73 Å². The number of aromatic amines is 1. The van der Waals surface area contributed by atoms with Gasteiger partial charge in [0.25, 0.3) is 0 Å². The standard InChI is InChI=1S/C18H20N2/c1-2-13-7-9-14(10-8-13)16(11-19)17-12-20-18-6-4-3-5-15(17)18/h3-10,12,16,20H,2,11,19H2,1H3. The largest absolute Gasteiger partial charge is 0.361 e. The average Bonchev–Trinajstić information content (AvgIpc) is 2.93. The van der Waals surface area contributed by atoms with Crippen molar-refractivity contribution in [3.63, 3.8) is 0 Å². The number of nitrogens with two attached hydrogens (primary N) is 1. The van der Waals surface area contributed by atoms with Crippen molar-refractivity contribution < 1.29 is 0 Å². The Kier molecular flexibility index (Phi) is 3.57. The molecule has 1 unspecified atom stereocenters. The van der Waals surface area contributed by atoms with Gasteiger partial charge in [-0.2, -0.15) is 0 Å². The molecule has 2 heteroatoms. The van der Waals surface area contributed by atoms with Gasteiger partial charge in [0.05, 0.1) is 0 Å². The molecule has 0 fully saturated rings. The highest BCUT2D eigenvalue weighted by atomic mass is 14.7. The first-order valence-electron chi connectivity index (χ1n) is 7.18. The predicted octanol–water partition coefficient (Wildman–Crippen LogP) is 3.82. The summed E-state index contributed by atoms with van der Waals surface area (Å²) in [6, 6.07) is 17.2. The molecule has 3 N–H and O–H groups in total. The summed E-state index contributed by atoms with van der Waals surface area (Å²) in [6.07, 6.45) is 3.16. The Labute approximate surface area is 119 Å². The Morgan fingerprint density at radius 2 is 1.80 bits per heavy atom. The molecule has 0 aliphatic heterocycles. The van der Waals surface area contributed by atoms with Crippen molar-refractivity contribution in [1.82, 2.24) is 4.98 Å². The maximum Gasteiger partial charge on any atom is 0.0457 e. The number of rotatable bonds is 4. The number of H-pyrrole nitrogens is 1. The van der Waals surface area contributed by atoms with Crippen LogP contribution in [-0.2, 0) is 6.42 Å². The van der Waals surface area contributed by atoms with Gasteiger partial charge in [-0.25, -0.2) is 0 Å². The van der Waals surface area contributed by atoms with Gasteiger partial charge in [-0.1, -0.05) is 49.4 Å². The SMILES string of the molecule is CCc1ccc(C(CN)c2c[nH]c3ccccc23)cc1. The normalized spacial score (nSPS) is 12.7. The first kappa shape index (κ1) is 12.9. The lowest BCUT2D eigenvalue weighted by molar-refractivity contribution is 0.824. The molecule has 0 spiro atoms. The van der Waals surface area contributed by atoms with Crippen LogP contribution in [0.1, 0.15) is 29.5 Å². The Balaban J connectivity index is 2.04. The summed E-state index contributed by atoms with van der Waals surface area (Å²) in [5.41, 5.74) is 11.2. The molecule has 0 radical (unpaired) electrons. The molecular formula is C18H20N2. The van der Waals surface area contributed by atoms with E-state index in [1.807, 2.05) is 0 Å². The third-order valence-electron chi connectivity index (χ3n) is 4.02. The highest BCUT2D eigenvalue weighted by molar-refractivity contribution is 5.84. The second kappa shape index (κ2) is 5.51. The highest BCUT2D eigenvalue weighted by Gasteiger charge is 2.16. The van der Waals surface area contributed by atoms with E-state index in [1.165, 1.54) is 27.6 Å². The molecule has 2 nitrogen and oxygen atoms in total. The zero-order valence-corrected chi connectivity index (χ0v) is 11.8. The molecule has 2 aromatic carbocycles. The van der Waals surface area contributed by atoms with Gasteiger partial charge < -0.3 is 10.7 Å². The second-order valence-electron chi connectivity index (χ2n) is 5.17. The molecular weight excluding hydrogens is 244 g/mol. The van der Waals surface area contributed by atoms with Crippen molar-refractivity contribution in [2.45, 2.75) is 19.3 Å². The van der Waals surface area contributed by atoms with Crippen molar-refractivity contribution in [2.75, 3.05) is 6.54 Å². The smallest absolute Gasteiger partial charge is 0.0457 e. The Bertz CT molecular complexity index is 695. The van der Waals surface area contributed by atoms with Crippen LogP contribution in [0.5, 0.6) is 0 Å². The summed E-state index contributed by atoms with van der Waals surface area (Å²) in [7, 11) is 0. The highest BCUT2D eigenvalue weighted by Crippen LogP contribution is 2.30. The summed E-state index contributed by atoms with van der Waals surface area (Å²) in [5.74, 6) is 0.247. The summed E-state index contributed by atoms with van der Waals surface area (Å²) < 4.78 is 0. The lowest BCUT2D eigenvalue weighted by atomic mass is 9.90. The summed E-state index contributed by atoms with van der Waals surface area (Å²) in [4.78, 5) is 3.34. The Morgan fingerprint density at radius 1 is 1.05 bits per heavy atom. The van der Waals surface area contributed by atoms with Gasteiger partial charge in [-0.15, -0.1) is 0 Å². The van der Waals surface area contributed by atoms with E-state index >= 15 is 0 Å². The number of aryl methyl sites for hydroxylation is 1. The molecule has 0 aliphatic carbocycles. The molecule has 3 aromatic rings. The lowest BCUT2D eigenvalue weighted by Gasteiger charge is -2.15. The van der Waals surface area contributed by atoms with E-state index in [1.54, 1.807) is 0 Å². The molecule has 0 amide bonds. The number of nitrogens with one attached hydrogen (secondary N) is 1. The van der Waals surface area contributed by atoms with Gasteiger partial charge >= 0.3 is 0 Å². The third kappa shape index (κ3) is 2.23. The second-order valence-corrected chi connectivity index (χ2v) is 5.17. The number of para-hydroxylation sites is 1. The molecule has 102 valence electrons. The topological polar surface area (TPSA) is 41.8 Å². The molecule has 0 saturated heterocycles. The van der Waals surface area contributed by atoms with Gasteiger partial charge in [0.1, 0.15) is 0 Å². The first-order valence-corrected chi connectivity index (χ1v) is 7.18. The van der Waals surface area contributed by atoms with Crippen LogP contribution in [0.2, 0.25) is 0 Å². The van der Waals surface area contributed by atoms with E-state index < -0.39 is 0 Å². The quantitative estimate of drug-likeness (QED) is 0.739. The van der Waals surface area contributed by atoms with Gasteiger partial charge in [0, 0.05) is 29.6 Å². The zero-order valence-electron chi connectivity index (χ0n) is 11.8. The molecule has 20 heavy (non-hydrogen) atoms. The van der Waals surface area contributed by atoms with Crippen LogP contribution >= 0.6 is 0 Å². The van der Waals surface area contributed by atoms with Crippen LogP contribution in [-0.4, -0.2) is 11.5 Å². The third-order valence-corrected chi connectivity index (χ3v) is 4.02. The zero-order chi connectivity index (χ0) is 13.9. The first-order chi connectivity index (χ1) is 9.83. The van der Waals surface area contributed by atoms with E-state index in [2.05, 4.69) is 66.6 Å². The van der Waals surface area contributed by atoms with E-state index in [9.17, 15) is 0 Å². The fourth-order valence-electron chi connectivity index (χ4n) is 2.81. The minimum atomic E-state index is 0.247. The Hall–Kier alpha value is -2.06. The number of aromatic nitrogens is 1. The van der Waals surface area contributed by atoms with Gasteiger partial charge in [0.2, 0.25) is 0 Å². The number of benzene rings is 2. The molecule has 0 bridgehead atoms. The van der Waals surface area contributed by atoms with E-state index in [0.717, 1.165) is 6.42 Å². The summed E-state index contributed by atoms with van der Waals surface area (Å²) in [5, 5.41) is 1.27. The number of hydrogen-bond donors (Lipinski definition) is 2. The average molecular weight is 264 g/mol. The van der Waals surface area contributed by atoms with Crippen LogP contribution in [0.25, 0.3) is 10.9 Å². The van der Waals surface area contributed by atoms with Crippen LogP contribution in [0.3, 0.4) is 0 Å². The lowest BCUT2D eigenvalue weighted by Crippen LogP contribution is -2.13. The molecule has 3 rings (SSSR count). The number of hydrogen-bond acceptors (Lipinski definition) is 1. The number of fused-ring (bicyclic) bond motifs is 1. The molecule has 1 atom stereocenters. The monoisotopic (exact) mass is 264 g/mol. The van der Waals surface area contributed by atoms with E-state index in [4.69, 9.17) is 5.73 Å². The maximum absolute atomic E-state index is 6.04. The van der Waals surface area contributed by atoms with Crippen molar-refractivity contribution >= 4 is 10.9 Å². The van der Waals surface area contributed by atoms with Crippen molar-refractivity contribution in [3.05, 3.63) is 71.4 Å². The summed E-state index contributed by atoms with van der Waals surface area (Å²) >= 11 is 0. The van der Waals surface area contributed by atoms with Crippen LogP contribution in [0, 0.1) is 0 Å². The van der Waals surface area contributed by atoms with Crippen LogP contribution in [0.15, 0.2) is 54.7 Å². The molecule has 0 aliphatic rings. The molecule has 1 aromatic heterocycles. The molecule has 0 saturated carbocycles. The van der Waals surface area contributed by atoms with Crippen molar-refractivity contribution in [3.8, 4) is 0 Å². The van der Waals surface area contributed by atoms with Crippen LogP contribution in [0.4, 0.5) is 0 Å². The maximum atomic E-state index is 6.04. The van der Waals surface area contributed by atoms with E-state index in [0.29, 0.717) is 6.54 Å². The van der Waals surface area contributed by atoms with E-state index in [-0.39, 0.29) is 5.92 Å². The van der Waals surface area contributed by atoms with Gasteiger partial charge in [-0.3, -0.25) is 0 Å². The minimum Gasteiger partial charge on any atom is -0.361 e.